The topological polar surface area (TPSA) is 73.9 Å². The minimum absolute atomic E-state index is 0.187. The molecule has 1 atom stereocenters. The summed E-state index contributed by atoms with van der Waals surface area (Å²) in [6, 6.07) is 0. The molecule has 0 amide bonds. The van der Waals surface area contributed by atoms with Crippen LogP contribution in [0.1, 0.15) is 40.5 Å². The summed E-state index contributed by atoms with van der Waals surface area (Å²) >= 11 is 0. The van der Waals surface area contributed by atoms with Gasteiger partial charge in [-0.15, -0.1) is 0 Å². The van der Waals surface area contributed by atoms with Gasteiger partial charge in [0, 0.05) is 19.8 Å². The Morgan fingerprint density at radius 1 is 1.00 bits per heavy atom. The second-order valence-corrected chi connectivity index (χ2v) is 6.89. The van der Waals surface area contributed by atoms with Crippen LogP contribution in [0.5, 0.6) is 0 Å². The molecule has 0 rings (SSSR count). The minimum Gasteiger partial charge on any atom is -0.394 e. The lowest BCUT2D eigenvalue weighted by Crippen LogP contribution is -2.71. The molecule has 0 heterocycles. The van der Waals surface area contributed by atoms with E-state index < -0.39 is 14.0 Å². The molecule has 0 aliphatic heterocycles. The average Bonchev–Trinajstić information content (AvgIpc) is 2.30. The smallest absolute Gasteiger partial charge is 0.394 e. The van der Waals surface area contributed by atoms with E-state index in [1.807, 2.05) is 27.7 Å². The van der Waals surface area contributed by atoms with Crippen molar-refractivity contribution < 1.29 is 18.4 Å². The number of aliphatic hydroxyl groups excluding tert-OH is 1. The van der Waals surface area contributed by atoms with Crippen molar-refractivity contribution in [2.24, 2.45) is 5.73 Å². The van der Waals surface area contributed by atoms with Gasteiger partial charge in [-0.2, -0.15) is 0 Å². The number of rotatable bonds is 10. The lowest BCUT2D eigenvalue weighted by Gasteiger charge is -2.41. The van der Waals surface area contributed by atoms with Gasteiger partial charge >= 0.3 is 8.80 Å². The fourth-order valence-electron chi connectivity index (χ4n) is 1.90. The van der Waals surface area contributed by atoms with Gasteiger partial charge in [0.15, 0.2) is 0 Å². The molecule has 17 heavy (non-hydrogen) atoms. The lowest BCUT2D eigenvalue weighted by atomic mass is 10.2. The third-order valence-corrected chi connectivity index (χ3v) is 6.22. The van der Waals surface area contributed by atoms with Crippen molar-refractivity contribution in [2.45, 2.75) is 45.7 Å². The first-order valence-corrected chi connectivity index (χ1v) is 8.09. The Morgan fingerprint density at radius 3 is 1.65 bits per heavy atom. The van der Waals surface area contributed by atoms with Crippen LogP contribution >= 0.6 is 0 Å². The molecule has 0 aliphatic carbocycles. The van der Waals surface area contributed by atoms with Gasteiger partial charge in [-0.1, -0.05) is 13.3 Å². The molecule has 6 heteroatoms. The standard InChI is InChI=1S/C11H27NO4Si/c1-5-9-11(12,10-13)17(14-6-2,15-7-3)16-8-4/h13H,5-10,12H2,1-4H3. The Hall–Kier alpha value is 0.0169. The number of hydrogen-bond acceptors (Lipinski definition) is 5. The summed E-state index contributed by atoms with van der Waals surface area (Å²) in [5.41, 5.74) is 6.28. The molecule has 0 bridgehead atoms. The van der Waals surface area contributed by atoms with Crippen LogP contribution in [-0.4, -0.2) is 45.5 Å². The summed E-state index contributed by atoms with van der Waals surface area (Å²) in [7, 11) is -3.04. The zero-order valence-electron chi connectivity index (χ0n) is 11.5. The molecule has 0 aromatic carbocycles. The van der Waals surface area contributed by atoms with Crippen molar-refractivity contribution in [2.75, 3.05) is 26.4 Å². The van der Waals surface area contributed by atoms with Crippen LogP contribution in [0.15, 0.2) is 0 Å². The second-order valence-electron chi connectivity index (χ2n) is 3.92. The highest BCUT2D eigenvalue weighted by molar-refractivity contribution is 6.64. The molecule has 0 saturated carbocycles. The minimum atomic E-state index is -3.04. The van der Waals surface area contributed by atoms with Gasteiger partial charge in [-0.3, -0.25) is 0 Å². The Morgan fingerprint density at radius 2 is 1.41 bits per heavy atom. The first-order chi connectivity index (χ1) is 8.05. The highest BCUT2D eigenvalue weighted by Crippen LogP contribution is 2.27. The Kier molecular flexibility index (Phi) is 8.19. The molecule has 0 aliphatic rings. The number of aliphatic hydroxyl groups is 1. The molecular weight excluding hydrogens is 238 g/mol. The van der Waals surface area contributed by atoms with Crippen LogP contribution in [0, 0.1) is 0 Å². The molecule has 0 aromatic rings. The predicted molar refractivity (Wildman–Crippen MR) is 69.5 cm³/mol. The van der Waals surface area contributed by atoms with Gasteiger partial charge < -0.3 is 24.1 Å². The largest absolute Gasteiger partial charge is 0.524 e. The monoisotopic (exact) mass is 265 g/mol. The highest BCUT2D eigenvalue weighted by Gasteiger charge is 2.58. The SMILES string of the molecule is CCCC(N)(CO)[Si](OCC)(OCC)OCC. The van der Waals surface area contributed by atoms with Gasteiger partial charge in [0.1, 0.15) is 5.16 Å². The second kappa shape index (κ2) is 8.18. The molecule has 0 spiro atoms. The maximum atomic E-state index is 9.60. The maximum Gasteiger partial charge on any atom is 0.524 e. The molecule has 0 fully saturated rings. The van der Waals surface area contributed by atoms with Gasteiger partial charge in [0.2, 0.25) is 0 Å². The molecule has 3 N–H and O–H groups in total. The quantitative estimate of drug-likeness (QED) is 0.578. The van der Waals surface area contributed by atoms with Crippen LogP contribution in [0.25, 0.3) is 0 Å². The highest BCUT2D eigenvalue weighted by atomic mass is 28.4. The molecule has 5 nitrogen and oxygen atoms in total. The Labute approximate surface area is 106 Å². The Balaban J connectivity index is 5.17. The fraction of sp³-hybridized carbons (Fsp3) is 1.00. The van der Waals surface area contributed by atoms with Crippen molar-refractivity contribution in [3.8, 4) is 0 Å². The van der Waals surface area contributed by atoms with Crippen LogP contribution in [0.2, 0.25) is 0 Å². The van der Waals surface area contributed by atoms with E-state index in [1.165, 1.54) is 0 Å². The van der Waals surface area contributed by atoms with Gasteiger partial charge in [-0.05, 0) is 27.2 Å². The molecule has 0 saturated heterocycles. The molecule has 0 radical (unpaired) electrons. The summed E-state index contributed by atoms with van der Waals surface area (Å²) in [6.45, 7) is 8.86. The molecular formula is C11H27NO4Si. The summed E-state index contributed by atoms with van der Waals surface area (Å²) in [5.74, 6) is 0. The molecule has 0 aromatic heterocycles. The Bertz CT molecular complexity index is 189. The van der Waals surface area contributed by atoms with Gasteiger partial charge in [0.05, 0.1) is 6.61 Å². The third kappa shape index (κ3) is 4.01. The molecule has 104 valence electrons. The van der Waals surface area contributed by atoms with Crippen LogP contribution in [-0.2, 0) is 13.3 Å². The van der Waals surface area contributed by atoms with E-state index in [0.717, 1.165) is 6.42 Å². The van der Waals surface area contributed by atoms with Crippen LogP contribution in [0.3, 0.4) is 0 Å². The summed E-state index contributed by atoms with van der Waals surface area (Å²) in [4.78, 5) is 0. The summed E-state index contributed by atoms with van der Waals surface area (Å²) in [6.07, 6.45) is 1.47. The summed E-state index contributed by atoms with van der Waals surface area (Å²) in [5, 5.41) is 8.69. The zero-order valence-corrected chi connectivity index (χ0v) is 12.5. The summed E-state index contributed by atoms with van der Waals surface area (Å²) < 4.78 is 17.2. The zero-order chi connectivity index (χ0) is 13.4. The van der Waals surface area contributed by atoms with Gasteiger partial charge in [0.25, 0.3) is 0 Å². The first kappa shape index (κ1) is 17.0. The first-order valence-electron chi connectivity index (χ1n) is 6.37. The van der Waals surface area contributed by atoms with Crippen molar-refractivity contribution in [1.82, 2.24) is 0 Å². The third-order valence-electron chi connectivity index (χ3n) is 2.59. The predicted octanol–water partition coefficient (Wildman–Crippen LogP) is 1.06. The van der Waals surface area contributed by atoms with Crippen molar-refractivity contribution >= 4 is 8.80 Å². The van der Waals surface area contributed by atoms with Crippen molar-refractivity contribution in [3.63, 3.8) is 0 Å². The van der Waals surface area contributed by atoms with E-state index in [2.05, 4.69) is 0 Å². The maximum absolute atomic E-state index is 9.60. The van der Waals surface area contributed by atoms with E-state index in [0.29, 0.717) is 26.2 Å². The van der Waals surface area contributed by atoms with Crippen LogP contribution in [0.4, 0.5) is 0 Å². The van der Waals surface area contributed by atoms with E-state index in [9.17, 15) is 5.11 Å². The van der Waals surface area contributed by atoms with E-state index >= 15 is 0 Å². The number of hydrogen-bond donors (Lipinski definition) is 2. The van der Waals surface area contributed by atoms with Crippen molar-refractivity contribution in [3.05, 3.63) is 0 Å². The van der Waals surface area contributed by atoms with E-state index in [4.69, 9.17) is 19.0 Å². The van der Waals surface area contributed by atoms with E-state index in [-0.39, 0.29) is 6.61 Å². The number of nitrogens with two attached hydrogens (primary N) is 1. The normalized spacial score (nSPS) is 15.9. The van der Waals surface area contributed by atoms with Crippen LogP contribution < -0.4 is 5.73 Å². The van der Waals surface area contributed by atoms with E-state index in [1.54, 1.807) is 0 Å². The average molecular weight is 265 g/mol. The van der Waals surface area contributed by atoms with Crippen molar-refractivity contribution in [1.29, 1.82) is 0 Å². The lowest BCUT2D eigenvalue weighted by molar-refractivity contribution is 0.0297. The molecule has 1 unspecified atom stereocenters. The van der Waals surface area contributed by atoms with Gasteiger partial charge in [-0.25, -0.2) is 0 Å². The fourth-order valence-corrected chi connectivity index (χ4v) is 4.90.